The van der Waals surface area contributed by atoms with Gasteiger partial charge in [0, 0.05) is 12.6 Å². The minimum Gasteiger partial charge on any atom is -0.338 e. The number of rotatable bonds is 4. The number of para-hydroxylation sites is 2. The molecule has 0 aliphatic rings. The molecule has 0 bridgehead atoms. The van der Waals surface area contributed by atoms with Gasteiger partial charge in [-0.15, -0.1) is 0 Å². The number of imidazole rings is 1. The van der Waals surface area contributed by atoms with Crippen LogP contribution in [0.15, 0.2) is 58.2 Å². The van der Waals surface area contributed by atoms with Crippen molar-refractivity contribution in [2.75, 3.05) is 0 Å². The summed E-state index contributed by atoms with van der Waals surface area (Å²) in [4.78, 5) is 8.95. The Morgan fingerprint density at radius 3 is 2.67 bits per heavy atom. The second-order valence-corrected chi connectivity index (χ2v) is 6.19. The Balaban J connectivity index is 1.51. The fraction of sp³-hybridized carbons (Fsp3) is 0.118. The molecule has 2 aromatic heterocycles. The molecule has 0 atom stereocenters. The van der Waals surface area contributed by atoms with Crippen molar-refractivity contribution in [1.82, 2.24) is 19.7 Å². The number of thioether (sulfide) groups is 1. The molecule has 0 aliphatic heterocycles. The van der Waals surface area contributed by atoms with E-state index in [0.29, 0.717) is 17.5 Å². The summed E-state index contributed by atoms with van der Waals surface area (Å²) < 4.78 is 20.3. The first-order chi connectivity index (χ1) is 11.7. The summed E-state index contributed by atoms with van der Waals surface area (Å²) >= 11 is 1.53. The molecule has 24 heavy (non-hydrogen) atoms. The second kappa shape index (κ2) is 6.09. The van der Waals surface area contributed by atoms with E-state index >= 15 is 0 Å². The highest BCUT2D eigenvalue weighted by molar-refractivity contribution is 7.98. The zero-order valence-corrected chi connectivity index (χ0v) is 13.6. The lowest BCUT2D eigenvalue weighted by Crippen LogP contribution is -1.91. The fourth-order valence-electron chi connectivity index (χ4n) is 2.41. The summed E-state index contributed by atoms with van der Waals surface area (Å²) in [5, 5.41) is 4.83. The number of nitrogens with zero attached hydrogens (tertiary/aromatic N) is 4. The second-order valence-electron chi connectivity index (χ2n) is 5.25. The molecule has 0 aliphatic carbocycles. The van der Waals surface area contributed by atoms with E-state index in [1.807, 2.05) is 35.9 Å². The quantitative estimate of drug-likeness (QED) is 0.525. The van der Waals surface area contributed by atoms with E-state index in [1.54, 1.807) is 12.1 Å². The molecule has 4 aromatic rings. The van der Waals surface area contributed by atoms with Gasteiger partial charge in [0.25, 0.3) is 0 Å². The van der Waals surface area contributed by atoms with Crippen molar-refractivity contribution in [2.24, 2.45) is 7.05 Å². The van der Waals surface area contributed by atoms with Gasteiger partial charge in [0.1, 0.15) is 5.82 Å². The molecular weight excluding hydrogens is 327 g/mol. The van der Waals surface area contributed by atoms with Crippen molar-refractivity contribution in [3.8, 4) is 11.4 Å². The average molecular weight is 340 g/mol. The Hall–Kier alpha value is -2.67. The minimum absolute atomic E-state index is 0.292. The van der Waals surface area contributed by atoms with Gasteiger partial charge in [0.2, 0.25) is 11.7 Å². The highest BCUT2D eigenvalue weighted by atomic mass is 32.2. The topological polar surface area (TPSA) is 56.7 Å². The number of halogens is 1. The highest BCUT2D eigenvalue weighted by Gasteiger charge is 2.12. The minimum atomic E-state index is -0.292. The van der Waals surface area contributed by atoms with Crippen LogP contribution in [0.5, 0.6) is 0 Å². The van der Waals surface area contributed by atoms with Crippen LogP contribution in [-0.4, -0.2) is 19.7 Å². The Kier molecular flexibility index (Phi) is 3.78. The van der Waals surface area contributed by atoms with Gasteiger partial charge in [-0.05, 0) is 36.4 Å². The number of benzene rings is 2. The van der Waals surface area contributed by atoms with Crippen LogP contribution in [0.1, 0.15) is 5.89 Å². The summed E-state index contributed by atoms with van der Waals surface area (Å²) in [5.41, 5.74) is 2.76. The van der Waals surface area contributed by atoms with Gasteiger partial charge in [-0.2, -0.15) is 4.98 Å². The molecule has 0 N–H and O–H groups in total. The zero-order chi connectivity index (χ0) is 16.5. The monoisotopic (exact) mass is 340 g/mol. The van der Waals surface area contributed by atoms with Gasteiger partial charge in [0.05, 0.1) is 16.8 Å². The number of aryl methyl sites for hydroxylation is 1. The Morgan fingerprint density at radius 1 is 1.08 bits per heavy atom. The van der Waals surface area contributed by atoms with Gasteiger partial charge < -0.3 is 9.09 Å². The van der Waals surface area contributed by atoms with Crippen molar-refractivity contribution >= 4 is 22.8 Å². The predicted molar refractivity (Wildman–Crippen MR) is 90.0 cm³/mol. The SMILES string of the molecule is Cn1c(SCc2nc(-c3ccc(F)cc3)no2)nc2ccccc21. The summed E-state index contributed by atoms with van der Waals surface area (Å²) in [7, 11) is 1.98. The molecule has 4 rings (SSSR count). The third-order valence-corrected chi connectivity index (χ3v) is 4.66. The maximum atomic E-state index is 13.0. The number of hydrogen-bond donors (Lipinski definition) is 0. The van der Waals surface area contributed by atoms with E-state index in [9.17, 15) is 4.39 Å². The van der Waals surface area contributed by atoms with Crippen molar-refractivity contribution in [2.45, 2.75) is 10.9 Å². The predicted octanol–water partition coefficient (Wildman–Crippen LogP) is 4.05. The molecular formula is C17H13FN4OS. The van der Waals surface area contributed by atoms with E-state index in [4.69, 9.17) is 4.52 Å². The van der Waals surface area contributed by atoms with E-state index in [-0.39, 0.29) is 5.82 Å². The lowest BCUT2D eigenvalue weighted by molar-refractivity contribution is 0.391. The van der Waals surface area contributed by atoms with Crippen molar-refractivity contribution in [1.29, 1.82) is 0 Å². The molecule has 0 radical (unpaired) electrons. The van der Waals surface area contributed by atoms with Gasteiger partial charge >= 0.3 is 0 Å². The van der Waals surface area contributed by atoms with Crippen LogP contribution in [0, 0.1) is 5.82 Å². The third kappa shape index (κ3) is 2.78. The first kappa shape index (κ1) is 14.9. The molecule has 7 heteroatoms. The molecule has 0 saturated carbocycles. The molecule has 0 spiro atoms. The smallest absolute Gasteiger partial charge is 0.237 e. The Bertz CT molecular complexity index is 993. The van der Waals surface area contributed by atoms with E-state index in [2.05, 4.69) is 15.1 Å². The maximum absolute atomic E-state index is 13.0. The first-order valence-corrected chi connectivity index (χ1v) is 8.32. The van der Waals surface area contributed by atoms with Crippen LogP contribution in [0.4, 0.5) is 4.39 Å². The van der Waals surface area contributed by atoms with Gasteiger partial charge in [0.15, 0.2) is 5.16 Å². The van der Waals surface area contributed by atoms with Gasteiger partial charge in [-0.3, -0.25) is 0 Å². The largest absolute Gasteiger partial charge is 0.338 e. The average Bonchev–Trinajstić information content (AvgIpc) is 3.19. The van der Waals surface area contributed by atoms with Crippen LogP contribution < -0.4 is 0 Å². The van der Waals surface area contributed by atoms with E-state index < -0.39 is 0 Å². The Morgan fingerprint density at radius 2 is 1.88 bits per heavy atom. The lowest BCUT2D eigenvalue weighted by Gasteiger charge is -1.99. The van der Waals surface area contributed by atoms with Crippen molar-refractivity contribution in [3.63, 3.8) is 0 Å². The summed E-state index contributed by atoms with van der Waals surface area (Å²) in [6.07, 6.45) is 0. The lowest BCUT2D eigenvalue weighted by atomic mass is 10.2. The first-order valence-electron chi connectivity index (χ1n) is 7.33. The molecule has 2 aromatic carbocycles. The van der Waals surface area contributed by atoms with E-state index in [1.165, 1.54) is 23.9 Å². The van der Waals surface area contributed by atoms with Crippen molar-refractivity contribution < 1.29 is 8.91 Å². The maximum Gasteiger partial charge on any atom is 0.237 e. The number of hydrogen-bond acceptors (Lipinski definition) is 5. The van der Waals surface area contributed by atoms with Crippen LogP contribution >= 0.6 is 11.8 Å². The number of fused-ring (bicyclic) bond motifs is 1. The third-order valence-electron chi connectivity index (χ3n) is 3.64. The molecule has 0 amide bonds. The molecule has 120 valence electrons. The van der Waals surface area contributed by atoms with Crippen LogP contribution in [0.3, 0.4) is 0 Å². The summed E-state index contributed by atoms with van der Waals surface area (Å²) in [5.74, 6) is 1.19. The normalized spacial score (nSPS) is 11.2. The van der Waals surface area contributed by atoms with E-state index in [0.717, 1.165) is 21.8 Å². The van der Waals surface area contributed by atoms with Crippen LogP contribution in [0.2, 0.25) is 0 Å². The zero-order valence-electron chi connectivity index (χ0n) is 12.8. The van der Waals surface area contributed by atoms with Crippen LogP contribution in [0.25, 0.3) is 22.4 Å². The molecule has 0 unspecified atom stereocenters. The summed E-state index contributed by atoms with van der Waals surface area (Å²) in [6, 6.07) is 14.0. The fourth-order valence-corrected chi connectivity index (χ4v) is 3.23. The molecule has 5 nitrogen and oxygen atoms in total. The summed E-state index contributed by atoms with van der Waals surface area (Å²) in [6.45, 7) is 0. The molecule has 2 heterocycles. The Labute approximate surface area is 141 Å². The van der Waals surface area contributed by atoms with Crippen LogP contribution in [-0.2, 0) is 12.8 Å². The highest BCUT2D eigenvalue weighted by Crippen LogP contribution is 2.26. The standard InChI is InChI=1S/C17H13FN4OS/c1-22-14-5-3-2-4-13(14)19-17(22)24-10-15-20-16(21-23-15)11-6-8-12(18)9-7-11/h2-9H,10H2,1H3. The number of aromatic nitrogens is 4. The van der Waals surface area contributed by atoms with Gasteiger partial charge in [-0.1, -0.05) is 29.1 Å². The molecule has 0 fully saturated rings. The molecule has 0 saturated heterocycles. The van der Waals surface area contributed by atoms with Crippen molar-refractivity contribution in [3.05, 3.63) is 60.2 Å². The van der Waals surface area contributed by atoms with Gasteiger partial charge in [-0.25, -0.2) is 9.37 Å².